The van der Waals surface area contributed by atoms with Crippen molar-refractivity contribution in [2.45, 2.75) is 119 Å². The lowest BCUT2D eigenvalue weighted by Gasteiger charge is -2.36. The molecule has 250 valence electrons. The van der Waals surface area contributed by atoms with E-state index in [0.717, 1.165) is 12.8 Å². The summed E-state index contributed by atoms with van der Waals surface area (Å²) in [5, 5.41) is 20.0. The largest absolute Gasteiger partial charge is 0.480 e. The molecule has 0 bridgehead atoms. The summed E-state index contributed by atoms with van der Waals surface area (Å²) in [6, 6.07) is -5.08. The molecule has 12 nitrogen and oxygen atoms in total. The van der Waals surface area contributed by atoms with Crippen molar-refractivity contribution >= 4 is 35.5 Å². The van der Waals surface area contributed by atoms with Crippen LogP contribution in [0.25, 0.3) is 0 Å². The molecule has 0 radical (unpaired) electrons. The summed E-state index contributed by atoms with van der Waals surface area (Å²) in [6.45, 7) is 20.3. The number of likely N-dealkylation sites (tertiary alicyclic amines) is 1. The third-order valence-corrected chi connectivity index (χ3v) is 7.67. The van der Waals surface area contributed by atoms with Crippen LogP contribution in [0.3, 0.4) is 0 Å². The van der Waals surface area contributed by atoms with Gasteiger partial charge in [-0.1, -0.05) is 81.2 Å². The molecule has 5 atom stereocenters. The van der Waals surface area contributed by atoms with E-state index in [0.29, 0.717) is 18.8 Å². The van der Waals surface area contributed by atoms with Gasteiger partial charge in [-0.3, -0.25) is 19.2 Å². The van der Waals surface area contributed by atoms with E-state index < -0.39 is 70.5 Å². The Balaban J connectivity index is 3.34. The molecule has 1 aliphatic rings. The molecule has 44 heavy (non-hydrogen) atoms. The van der Waals surface area contributed by atoms with Gasteiger partial charge in [0.2, 0.25) is 17.6 Å². The van der Waals surface area contributed by atoms with Crippen LogP contribution in [0.15, 0.2) is 12.7 Å². The summed E-state index contributed by atoms with van der Waals surface area (Å²) in [5.74, 6) is -3.50. The predicted octanol–water partition coefficient (Wildman–Crippen LogP) is 3.01. The fourth-order valence-corrected chi connectivity index (χ4v) is 5.37. The van der Waals surface area contributed by atoms with Gasteiger partial charge in [0, 0.05) is 13.1 Å². The minimum absolute atomic E-state index is 0.00195. The molecule has 0 aromatic rings. The fourth-order valence-electron chi connectivity index (χ4n) is 5.37. The number of carbonyl (C=O) groups excluding carboxylic acids is 5. The first-order valence-electron chi connectivity index (χ1n) is 15.6. The van der Waals surface area contributed by atoms with Crippen molar-refractivity contribution in [3.8, 4) is 0 Å². The van der Waals surface area contributed by atoms with E-state index in [2.05, 4.69) is 41.7 Å². The zero-order valence-corrected chi connectivity index (χ0v) is 28.0. The Kier molecular flexibility index (Phi) is 14.5. The molecule has 1 heterocycles. The Morgan fingerprint density at radius 3 is 2.00 bits per heavy atom. The molecule has 1 fully saturated rings. The summed E-state index contributed by atoms with van der Waals surface area (Å²) >= 11 is 0. The molecule has 0 spiro atoms. The van der Waals surface area contributed by atoms with Gasteiger partial charge in [0.1, 0.15) is 18.1 Å². The summed E-state index contributed by atoms with van der Waals surface area (Å²) in [7, 11) is 0. The van der Waals surface area contributed by atoms with E-state index >= 15 is 0 Å². The van der Waals surface area contributed by atoms with E-state index in [9.17, 15) is 33.9 Å². The first-order valence-corrected chi connectivity index (χ1v) is 15.6. The zero-order chi connectivity index (χ0) is 34.0. The lowest BCUT2D eigenvalue weighted by atomic mass is 9.85. The number of carbonyl (C=O) groups is 6. The maximum atomic E-state index is 14.2. The molecule has 0 aliphatic carbocycles. The van der Waals surface area contributed by atoms with Gasteiger partial charge in [0.25, 0.3) is 5.91 Å². The van der Waals surface area contributed by atoms with Crippen LogP contribution in [-0.2, 0) is 24.0 Å². The summed E-state index contributed by atoms with van der Waals surface area (Å²) in [4.78, 5) is 79.6. The lowest BCUT2D eigenvalue weighted by Crippen LogP contribution is -2.61. The van der Waals surface area contributed by atoms with Crippen molar-refractivity contribution in [3.63, 3.8) is 0 Å². The van der Waals surface area contributed by atoms with Gasteiger partial charge in [-0.05, 0) is 41.9 Å². The second kappa shape index (κ2) is 16.6. The number of nitrogens with one attached hydrogen (secondary N) is 4. The zero-order valence-electron chi connectivity index (χ0n) is 28.0. The van der Waals surface area contributed by atoms with E-state index in [4.69, 9.17) is 0 Å². The number of hydrogen-bond acceptors (Lipinski definition) is 6. The number of carboxylic acid groups (broad SMARTS) is 1. The normalized spacial score (nSPS) is 19.0. The monoisotopic (exact) mass is 621 g/mol. The van der Waals surface area contributed by atoms with Gasteiger partial charge >= 0.3 is 12.0 Å². The molecular weight excluding hydrogens is 566 g/mol. The molecule has 1 saturated heterocycles. The Bertz CT molecular complexity index is 1060. The molecule has 1 rings (SSSR count). The number of hydrogen-bond donors (Lipinski definition) is 5. The van der Waals surface area contributed by atoms with Gasteiger partial charge in [-0.25, -0.2) is 9.59 Å². The molecule has 1 aliphatic heterocycles. The van der Waals surface area contributed by atoms with E-state index in [-0.39, 0.29) is 25.4 Å². The third-order valence-electron chi connectivity index (χ3n) is 7.67. The molecule has 12 heteroatoms. The number of Topliss-reactive ketones (excluding diaryl/α,β-unsaturated/α-hetero) is 1. The molecule has 1 unspecified atom stereocenters. The minimum atomic E-state index is -1.21. The van der Waals surface area contributed by atoms with Crippen LogP contribution in [0.2, 0.25) is 0 Å². The van der Waals surface area contributed by atoms with Crippen LogP contribution in [0, 0.1) is 22.7 Å². The topological polar surface area (TPSA) is 174 Å². The van der Waals surface area contributed by atoms with Gasteiger partial charge in [-0.2, -0.15) is 0 Å². The first kappa shape index (κ1) is 38.6. The van der Waals surface area contributed by atoms with Crippen molar-refractivity contribution in [2.75, 3.05) is 13.1 Å². The van der Waals surface area contributed by atoms with Crippen molar-refractivity contribution in [2.24, 2.45) is 22.7 Å². The molecule has 5 amide bonds. The van der Waals surface area contributed by atoms with E-state index in [1.54, 1.807) is 41.5 Å². The molecular formula is C32H55N5O7. The number of nitrogens with zero attached hydrogens (tertiary/aromatic N) is 1. The Morgan fingerprint density at radius 1 is 0.955 bits per heavy atom. The molecule has 0 aromatic heterocycles. The second-order valence-electron chi connectivity index (χ2n) is 14.4. The van der Waals surface area contributed by atoms with Crippen LogP contribution in [0.1, 0.15) is 94.4 Å². The highest BCUT2D eigenvalue weighted by Gasteiger charge is 2.46. The summed E-state index contributed by atoms with van der Waals surface area (Å²) in [6.07, 6.45) is 4.19. The highest BCUT2D eigenvalue weighted by Crippen LogP contribution is 2.32. The van der Waals surface area contributed by atoms with Gasteiger partial charge in [0.05, 0.1) is 6.04 Å². The number of ketones is 1. The standard InChI is InChI=1S/C32H55N5O7/c1-11-13-14-21(23(38)27(40)33-15-12-2)34-26(39)22-17-20(16-19(3)4)18-37(22)28(41)24(31(5,6)7)35-30(44)36-25(29(42)43)32(8,9)10/h12,19-22,24-25H,2,11,13-18H2,1,3-10H3,(H,33,40)(H,34,39)(H,42,43)(H2,35,36,44)/t20-,21?,22+,24-,25-/m1/s1. The average Bonchev–Trinajstić information content (AvgIpc) is 3.32. The maximum absolute atomic E-state index is 14.2. The van der Waals surface area contributed by atoms with Crippen LogP contribution in [0.4, 0.5) is 4.79 Å². The minimum Gasteiger partial charge on any atom is -0.480 e. The van der Waals surface area contributed by atoms with Gasteiger partial charge in [0.15, 0.2) is 0 Å². The van der Waals surface area contributed by atoms with Crippen LogP contribution in [-0.4, -0.2) is 82.8 Å². The third kappa shape index (κ3) is 11.6. The predicted molar refractivity (Wildman–Crippen MR) is 169 cm³/mol. The van der Waals surface area contributed by atoms with Crippen molar-refractivity contribution < 1.29 is 33.9 Å². The van der Waals surface area contributed by atoms with Crippen molar-refractivity contribution in [1.82, 2.24) is 26.2 Å². The van der Waals surface area contributed by atoms with E-state index in [1.807, 2.05) is 6.92 Å². The van der Waals surface area contributed by atoms with Gasteiger partial charge in [-0.15, -0.1) is 6.58 Å². The Hall–Kier alpha value is -3.44. The number of urea groups is 1. The molecule has 0 saturated carbocycles. The summed E-state index contributed by atoms with van der Waals surface area (Å²) in [5.41, 5.74) is -1.59. The lowest BCUT2D eigenvalue weighted by molar-refractivity contribution is -0.143. The number of carboxylic acids is 1. The van der Waals surface area contributed by atoms with Crippen LogP contribution in [0.5, 0.6) is 0 Å². The Labute approximate surface area is 262 Å². The fraction of sp³-hybridized carbons (Fsp3) is 0.750. The number of aliphatic carboxylic acids is 1. The summed E-state index contributed by atoms with van der Waals surface area (Å²) < 4.78 is 0. The second-order valence-corrected chi connectivity index (χ2v) is 14.4. The number of rotatable bonds is 15. The van der Waals surface area contributed by atoms with Crippen molar-refractivity contribution in [1.29, 1.82) is 0 Å². The SMILES string of the molecule is C=CCNC(=O)C(=O)C(CCCC)NC(=O)[C@@H]1C[C@@H](CC(C)C)CN1C(=O)[C@@H](NC(=O)N[C@H](C(=O)O)C(C)(C)C)C(C)(C)C. The highest BCUT2D eigenvalue weighted by molar-refractivity contribution is 6.38. The maximum Gasteiger partial charge on any atom is 0.326 e. The quantitative estimate of drug-likeness (QED) is 0.138. The average molecular weight is 622 g/mol. The first-order chi connectivity index (χ1) is 20.2. The molecule has 5 N–H and O–H groups in total. The number of unbranched alkanes of at least 4 members (excludes halogenated alkanes) is 1. The highest BCUT2D eigenvalue weighted by atomic mass is 16.4. The van der Waals surface area contributed by atoms with Crippen molar-refractivity contribution in [3.05, 3.63) is 12.7 Å². The Morgan fingerprint density at radius 2 is 1.52 bits per heavy atom. The molecule has 0 aromatic carbocycles. The van der Waals surface area contributed by atoms with Gasteiger partial charge < -0.3 is 31.3 Å². The van der Waals surface area contributed by atoms with Crippen LogP contribution < -0.4 is 21.3 Å². The number of amides is 5. The van der Waals surface area contributed by atoms with Crippen LogP contribution >= 0.6 is 0 Å². The smallest absolute Gasteiger partial charge is 0.326 e. The van der Waals surface area contributed by atoms with E-state index in [1.165, 1.54) is 11.0 Å².